The monoisotopic (exact) mass is 842 g/mol. The summed E-state index contributed by atoms with van der Waals surface area (Å²) in [5, 5.41) is 13.8. The van der Waals surface area contributed by atoms with Gasteiger partial charge in [-0.15, -0.1) is 0 Å². The van der Waals surface area contributed by atoms with E-state index in [0.29, 0.717) is 17.4 Å². The molecule has 9 heteroatoms. The number of carbonyl (C=O) groups excluding carboxylic acids is 1. The minimum absolute atomic E-state index is 0.0618. The second kappa shape index (κ2) is 41.3. The van der Waals surface area contributed by atoms with Gasteiger partial charge in [0.1, 0.15) is 13.2 Å². The van der Waals surface area contributed by atoms with Crippen molar-refractivity contribution in [3.05, 3.63) is 24.3 Å². The maximum atomic E-state index is 12.9. The van der Waals surface area contributed by atoms with Gasteiger partial charge in [-0.05, 0) is 44.9 Å². The highest BCUT2D eigenvalue weighted by Gasteiger charge is 2.27. The summed E-state index contributed by atoms with van der Waals surface area (Å²) < 4.78 is 23.6. The summed E-state index contributed by atoms with van der Waals surface area (Å²) >= 11 is 0. The molecule has 0 aromatic rings. The maximum Gasteiger partial charge on any atom is 0.472 e. The largest absolute Gasteiger partial charge is 0.472 e. The third-order valence-electron chi connectivity index (χ3n) is 11.2. The van der Waals surface area contributed by atoms with Gasteiger partial charge in [0.25, 0.3) is 0 Å². The minimum atomic E-state index is -4.34. The Morgan fingerprint density at radius 3 is 1.33 bits per heavy atom. The summed E-state index contributed by atoms with van der Waals surface area (Å²) in [6.07, 6.45) is 49.7. The van der Waals surface area contributed by atoms with Crippen LogP contribution in [0.5, 0.6) is 0 Å². The van der Waals surface area contributed by atoms with E-state index in [9.17, 15) is 19.4 Å². The van der Waals surface area contributed by atoms with Crippen molar-refractivity contribution in [2.24, 2.45) is 0 Å². The van der Waals surface area contributed by atoms with Crippen molar-refractivity contribution in [1.29, 1.82) is 0 Å². The molecule has 0 aromatic heterocycles. The first kappa shape index (κ1) is 57.0. The van der Waals surface area contributed by atoms with Crippen LogP contribution in [0, 0.1) is 0 Å². The smallest absolute Gasteiger partial charge is 0.387 e. The Labute approximate surface area is 360 Å². The first-order valence-corrected chi connectivity index (χ1v) is 26.2. The Bertz CT molecular complexity index is 1000. The number of aliphatic hydroxyl groups is 1. The number of hydrogen-bond donors (Lipinski definition) is 3. The Kier molecular flexibility index (Phi) is 40.6. The molecule has 0 fully saturated rings. The molecule has 0 aliphatic heterocycles. The normalized spacial score (nSPS) is 14.4. The van der Waals surface area contributed by atoms with Gasteiger partial charge in [-0.25, -0.2) is 4.57 Å². The highest BCUT2D eigenvalue weighted by molar-refractivity contribution is 7.47. The molecule has 1 amide bonds. The molecular formula is C49H98N2O6P+. The van der Waals surface area contributed by atoms with Crippen molar-refractivity contribution in [3.8, 4) is 0 Å². The van der Waals surface area contributed by atoms with E-state index in [0.717, 1.165) is 38.5 Å². The summed E-state index contributed by atoms with van der Waals surface area (Å²) in [6, 6.07) is -0.845. The Hall–Kier alpha value is -1.02. The molecular weight excluding hydrogens is 744 g/mol. The molecule has 0 aromatic carbocycles. The number of carbonyl (C=O) groups is 1. The molecule has 3 unspecified atom stereocenters. The number of allylic oxidation sites excluding steroid dienone is 3. The summed E-state index contributed by atoms with van der Waals surface area (Å²) in [5.74, 6) is -0.180. The molecule has 3 N–H and O–H groups in total. The van der Waals surface area contributed by atoms with Crippen LogP contribution in [0.3, 0.4) is 0 Å². The molecule has 0 saturated carbocycles. The second-order valence-electron chi connectivity index (χ2n) is 18.2. The molecule has 0 bridgehead atoms. The third kappa shape index (κ3) is 43.1. The topological polar surface area (TPSA) is 105 Å². The number of rotatable bonds is 45. The van der Waals surface area contributed by atoms with Crippen LogP contribution in [0.4, 0.5) is 0 Å². The summed E-state index contributed by atoms with van der Waals surface area (Å²) in [6.45, 7) is 4.82. The Balaban J connectivity index is 4.26. The van der Waals surface area contributed by atoms with E-state index >= 15 is 0 Å². The summed E-state index contributed by atoms with van der Waals surface area (Å²) in [4.78, 5) is 23.2. The van der Waals surface area contributed by atoms with Gasteiger partial charge in [0.05, 0.1) is 39.9 Å². The van der Waals surface area contributed by atoms with Gasteiger partial charge in [-0.1, -0.05) is 205 Å². The zero-order valence-corrected chi connectivity index (χ0v) is 39.9. The lowest BCUT2D eigenvalue weighted by atomic mass is 10.0. The van der Waals surface area contributed by atoms with Crippen LogP contribution in [0.2, 0.25) is 0 Å². The van der Waals surface area contributed by atoms with Crippen molar-refractivity contribution in [3.63, 3.8) is 0 Å². The fourth-order valence-electron chi connectivity index (χ4n) is 7.21. The number of quaternary nitrogens is 1. The molecule has 0 aliphatic carbocycles. The number of hydrogen-bond acceptors (Lipinski definition) is 5. The highest BCUT2D eigenvalue weighted by Crippen LogP contribution is 2.43. The van der Waals surface area contributed by atoms with Crippen molar-refractivity contribution in [2.45, 2.75) is 244 Å². The molecule has 58 heavy (non-hydrogen) atoms. The number of nitrogens with zero attached hydrogens (tertiary/aromatic N) is 1. The lowest BCUT2D eigenvalue weighted by Crippen LogP contribution is -2.45. The van der Waals surface area contributed by atoms with Crippen LogP contribution in [-0.2, 0) is 18.4 Å². The lowest BCUT2D eigenvalue weighted by Gasteiger charge is -2.25. The number of likely N-dealkylation sites (N-methyl/N-ethyl adjacent to an activating group) is 1. The summed E-state index contributed by atoms with van der Waals surface area (Å²) in [7, 11) is 1.57. The molecule has 0 radical (unpaired) electrons. The third-order valence-corrected chi connectivity index (χ3v) is 12.1. The predicted molar refractivity (Wildman–Crippen MR) is 249 cm³/mol. The Morgan fingerprint density at radius 1 is 0.569 bits per heavy atom. The number of aliphatic hydroxyl groups excluding tert-OH is 1. The molecule has 0 heterocycles. The first-order valence-electron chi connectivity index (χ1n) is 24.7. The quantitative estimate of drug-likeness (QED) is 0.0244. The van der Waals surface area contributed by atoms with Crippen LogP contribution in [0.1, 0.15) is 232 Å². The van der Waals surface area contributed by atoms with E-state index in [-0.39, 0.29) is 19.1 Å². The van der Waals surface area contributed by atoms with Gasteiger partial charge in [0.2, 0.25) is 5.91 Å². The van der Waals surface area contributed by atoms with Crippen LogP contribution in [0.15, 0.2) is 24.3 Å². The van der Waals surface area contributed by atoms with E-state index < -0.39 is 20.0 Å². The molecule has 0 spiro atoms. The van der Waals surface area contributed by atoms with E-state index in [1.165, 1.54) is 173 Å². The summed E-state index contributed by atoms with van der Waals surface area (Å²) in [5.41, 5.74) is 0. The predicted octanol–water partition coefficient (Wildman–Crippen LogP) is 14.1. The number of unbranched alkanes of at least 4 members (excludes halogenated alkanes) is 30. The van der Waals surface area contributed by atoms with Gasteiger partial charge in [0.15, 0.2) is 0 Å². The fourth-order valence-corrected chi connectivity index (χ4v) is 7.95. The zero-order valence-electron chi connectivity index (χ0n) is 39.0. The molecule has 344 valence electrons. The number of nitrogens with one attached hydrogen (secondary N) is 1. The maximum absolute atomic E-state index is 12.9. The van der Waals surface area contributed by atoms with E-state index in [1.54, 1.807) is 6.08 Å². The van der Waals surface area contributed by atoms with Crippen molar-refractivity contribution < 1.29 is 32.9 Å². The van der Waals surface area contributed by atoms with E-state index in [4.69, 9.17) is 9.05 Å². The van der Waals surface area contributed by atoms with Gasteiger partial charge in [0, 0.05) is 6.42 Å². The molecule has 0 aliphatic rings. The lowest BCUT2D eigenvalue weighted by molar-refractivity contribution is -0.870. The van der Waals surface area contributed by atoms with E-state index in [1.807, 2.05) is 27.2 Å². The van der Waals surface area contributed by atoms with Crippen molar-refractivity contribution in [2.75, 3.05) is 40.9 Å². The molecule has 0 saturated heterocycles. The standard InChI is InChI=1S/C49H97N2O6P/c1-6-8-10-12-14-16-18-20-21-22-23-24-25-26-27-28-29-31-33-35-37-39-41-43-49(53)50-47(46-57-58(54,55)56-45-44-51(3,4)5)48(52)42-40-38-36-34-32-30-19-17-15-13-11-9-7-2/h26-27,40,42,47-48,52H,6-25,28-39,41,43-46H2,1-5H3,(H-,50,53,54,55)/p+1/b27-26-,42-40+. The van der Waals surface area contributed by atoms with Crippen molar-refractivity contribution >= 4 is 13.7 Å². The van der Waals surface area contributed by atoms with Crippen LogP contribution >= 0.6 is 7.82 Å². The number of phosphoric ester groups is 1. The van der Waals surface area contributed by atoms with Crippen LogP contribution < -0.4 is 5.32 Å². The molecule has 3 atom stereocenters. The SMILES string of the molecule is CCCCCCCCCCCCC/C=C/C(O)C(COP(=O)(O)OCC[N+](C)(C)C)NC(=O)CCCCCCCCC/C=C\CCCCCCCCCCCCCC. The van der Waals surface area contributed by atoms with Gasteiger partial charge < -0.3 is 19.8 Å². The Morgan fingerprint density at radius 2 is 0.931 bits per heavy atom. The number of amides is 1. The van der Waals surface area contributed by atoms with Gasteiger partial charge in [-0.3, -0.25) is 13.8 Å². The van der Waals surface area contributed by atoms with E-state index in [2.05, 4.69) is 31.3 Å². The first-order chi connectivity index (χ1) is 28.0. The second-order valence-corrected chi connectivity index (χ2v) is 19.6. The molecule has 8 nitrogen and oxygen atoms in total. The number of phosphoric acid groups is 1. The van der Waals surface area contributed by atoms with Gasteiger partial charge >= 0.3 is 7.82 Å². The van der Waals surface area contributed by atoms with Crippen LogP contribution in [-0.4, -0.2) is 73.4 Å². The van der Waals surface area contributed by atoms with Crippen LogP contribution in [0.25, 0.3) is 0 Å². The minimum Gasteiger partial charge on any atom is -0.387 e. The average molecular weight is 842 g/mol. The zero-order chi connectivity index (χ0) is 42.8. The van der Waals surface area contributed by atoms with Crippen molar-refractivity contribution in [1.82, 2.24) is 5.32 Å². The van der Waals surface area contributed by atoms with Gasteiger partial charge in [-0.2, -0.15) is 0 Å². The molecule has 0 rings (SSSR count). The fraction of sp³-hybridized carbons (Fsp3) is 0.898. The average Bonchev–Trinajstić information content (AvgIpc) is 3.17. The highest BCUT2D eigenvalue weighted by atomic mass is 31.2.